The van der Waals surface area contributed by atoms with Crippen LogP contribution in [0.1, 0.15) is 117 Å². The lowest BCUT2D eigenvalue weighted by atomic mass is 10.0. The van der Waals surface area contributed by atoms with Gasteiger partial charge in [0.25, 0.3) is 0 Å². The molecule has 0 rings (SSSR count). The summed E-state index contributed by atoms with van der Waals surface area (Å²) in [5.41, 5.74) is 0. The van der Waals surface area contributed by atoms with Crippen LogP contribution in [0.25, 0.3) is 0 Å². The molecule has 0 radical (unpaired) electrons. The topological polar surface area (TPSA) is 54.4 Å². The molecule has 0 aliphatic heterocycles. The number of hydrogen-bond donors (Lipinski definition) is 1. The third kappa shape index (κ3) is 17.5. The number of aliphatic carboxylic acids is 1. The molecule has 0 saturated carbocycles. The molecule has 24 heavy (non-hydrogen) atoms. The molecular weight excluding hydrogens is 300 g/mol. The van der Waals surface area contributed by atoms with Gasteiger partial charge in [-0.15, -0.1) is 0 Å². The molecule has 142 valence electrons. The van der Waals surface area contributed by atoms with E-state index in [9.17, 15) is 9.59 Å². The van der Waals surface area contributed by atoms with Gasteiger partial charge in [-0.05, 0) is 12.8 Å². The molecule has 0 amide bonds. The average Bonchev–Trinajstić information content (AvgIpc) is 2.53. The molecule has 0 saturated heterocycles. The summed E-state index contributed by atoms with van der Waals surface area (Å²) >= 11 is 0. The summed E-state index contributed by atoms with van der Waals surface area (Å²) < 4.78 is 0. The van der Waals surface area contributed by atoms with Crippen LogP contribution in [0.3, 0.4) is 0 Å². The molecule has 0 aliphatic rings. The van der Waals surface area contributed by atoms with E-state index in [0.29, 0.717) is 12.2 Å². The standard InChI is InChI=1S/C21H40O3/c1-19(2)20(22)17-15-13-11-9-7-5-3-4-6-8-10-12-14-16-18-21(23)24/h19H,3-18H2,1-2H3,(H,23,24). The Morgan fingerprint density at radius 3 is 1.17 bits per heavy atom. The van der Waals surface area contributed by atoms with Gasteiger partial charge in [0.2, 0.25) is 0 Å². The fourth-order valence-electron chi connectivity index (χ4n) is 2.99. The molecule has 1 N–H and O–H groups in total. The number of carboxylic acids is 1. The zero-order valence-corrected chi connectivity index (χ0v) is 16.2. The molecular formula is C21H40O3. The second-order valence-corrected chi connectivity index (χ2v) is 7.46. The second-order valence-electron chi connectivity index (χ2n) is 7.46. The van der Waals surface area contributed by atoms with E-state index in [2.05, 4.69) is 0 Å². The predicted molar refractivity (Wildman–Crippen MR) is 101 cm³/mol. The Labute approximate surface area is 149 Å². The fraction of sp³-hybridized carbons (Fsp3) is 0.905. The molecule has 0 aromatic heterocycles. The van der Waals surface area contributed by atoms with Crippen LogP contribution in [-0.4, -0.2) is 16.9 Å². The van der Waals surface area contributed by atoms with Crippen molar-refractivity contribution in [2.75, 3.05) is 0 Å². The Kier molecular flexibility index (Phi) is 16.4. The number of Topliss-reactive ketones (excluding diaryl/α,β-unsaturated/α-hetero) is 1. The zero-order chi connectivity index (χ0) is 18.0. The first-order chi connectivity index (χ1) is 11.5. The van der Waals surface area contributed by atoms with Crippen LogP contribution in [0.5, 0.6) is 0 Å². The monoisotopic (exact) mass is 340 g/mol. The van der Waals surface area contributed by atoms with Gasteiger partial charge in [0.05, 0.1) is 0 Å². The van der Waals surface area contributed by atoms with Crippen molar-refractivity contribution in [2.45, 2.75) is 117 Å². The quantitative estimate of drug-likeness (QED) is 0.288. The van der Waals surface area contributed by atoms with Crippen LogP contribution >= 0.6 is 0 Å². The Morgan fingerprint density at radius 2 is 0.875 bits per heavy atom. The minimum absolute atomic E-state index is 0.203. The molecule has 3 heteroatoms. The largest absolute Gasteiger partial charge is 0.481 e. The van der Waals surface area contributed by atoms with E-state index in [4.69, 9.17) is 5.11 Å². The number of carbonyl (C=O) groups excluding carboxylic acids is 1. The Balaban J connectivity index is 3.08. The minimum atomic E-state index is -0.668. The number of unbranched alkanes of at least 4 members (excludes halogenated alkanes) is 13. The predicted octanol–water partition coefficient (Wildman–Crippen LogP) is 6.54. The van der Waals surface area contributed by atoms with Gasteiger partial charge in [0, 0.05) is 18.8 Å². The normalized spacial score (nSPS) is 11.1. The summed E-state index contributed by atoms with van der Waals surface area (Å²) in [5, 5.41) is 8.55. The minimum Gasteiger partial charge on any atom is -0.481 e. The van der Waals surface area contributed by atoms with Crippen LogP contribution in [0.2, 0.25) is 0 Å². The maximum Gasteiger partial charge on any atom is 0.303 e. The van der Waals surface area contributed by atoms with E-state index in [1.165, 1.54) is 70.6 Å². The number of hydrogen-bond acceptors (Lipinski definition) is 2. The van der Waals surface area contributed by atoms with Crippen molar-refractivity contribution in [1.29, 1.82) is 0 Å². The summed E-state index contributed by atoms with van der Waals surface area (Å²) in [4.78, 5) is 21.9. The molecule has 0 fully saturated rings. The molecule has 3 nitrogen and oxygen atoms in total. The Morgan fingerprint density at radius 1 is 0.583 bits per heavy atom. The molecule has 0 spiro atoms. The molecule has 0 unspecified atom stereocenters. The van der Waals surface area contributed by atoms with Crippen molar-refractivity contribution >= 4 is 11.8 Å². The van der Waals surface area contributed by atoms with E-state index >= 15 is 0 Å². The summed E-state index contributed by atoms with van der Waals surface area (Å²) in [6.07, 6.45) is 18.3. The highest BCUT2D eigenvalue weighted by atomic mass is 16.4. The van der Waals surface area contributed by atoms with Crippen molar-refractivity contribution in [3.05, 3.63) is 0 Å². The Bertz CT molecular complexity index is 310. The van der Waals surface area contributed by atoms with E-state index in [1.807, 2.05) is 13.8 Å². The highest BCUT2D eigenvalue weighted by Crippen LogP contribution is 2.14. The van der Waals surface area contributed by atoms with Crippen molar-refractivity contribution < 1.29 is 14.7 Å². The van der Waals surface area contributed by atoms with Crippen LogP contribution in [-0.2, 0) is 9.59 Å². The van der Waals surface area contributed by atoms with Gasteiger partial charge < -0.3 is 5.11 Å². The molecule has 0 aromatic carbocycles. The Hall–Kier alpha value is -0.860. The first-order valence-electron chi connectivity index (χ1n) is 10.3. The number of carbonyl (C=O) groups is 2. The third-order valence-corrected chi connectivity index (χ3v) is 4.71. The number of rotatable bonds is 18. The fourth-order valence-corrected chi connectivity index (χ4v) is 2.99. The lowest BCUT2D eigenvalue weighted by Crippen LogP contribution is -2.05. The molecule has 0 aliphatic carbocycles. The van der Waals surface area contributed by atoms with E-state index in [1.54, 1.807) is 0 Å². The van der Waals surface area contributed by atoms with Gasteiger partial charge in [0.15, 0.2) is 0 Å². The summed E-state index contributed by atoms with van der Waals surface area (Å²) in [6.45, 7) is 3.98. The summed E-state index contributed by atoms with van der Waals surface area (Å²) in [5.74, 6) is -0.0503. The summed E-state index contributed by atoms with van der Waals surface area (Å²) in [7, 11) is 0. The number of carboxylic acid groups (broad SMARTS) is 1. The lowest BCUT2D eigenvalue weighted by Gasteiger charge is -2.04. The summed E-state index contributed by atoms with van der Waals surface area (Å²) in [6, 6.07) is 0. The van der Waals surface area contributed by atoms with Crippen molar-refractivity contribution in [3.63, 3.8) is 0 Å². The van der Waals surface area contributed by atoms with Gasteiger partial charge >= 0.3 is 5.97 Å². The van der Waals surface area contributed by atoms with Gasteiger partial charge in [-0.1, -0.05) is 90.9 Å². The van der Waals surface area contributed by atoms with E-state index in [-0.39, 0.29) is 5.92 Å². The van der Waals surface area contributed by atoms with Crippen LogP contribution in [0.15, 0.2) is 0 Å². The van der Waals surface area contributed by atoms with E-state index in [0.717, 1.165) is 25.7 Å². The van der Waals surface area contributed by atoms with Gasteiger partial charge in [-0.3, -0.25) is 9.59 Å². The zero-order valence-electron chi connectivity index (χ0n) is 16.2. The highest BCUT2D eigenvalue weighted by molar-refractivity contribution is 5.80. The number of ketones is 1. The van der Waals surface area contributed by atoms with Crippen LogP contribution in [0, 0.1) is 5.92 Å². The molecule has 0 bridgehead atoms. The van der Waals surface area contributed by atoms with Crippen molar-refractivity contribution in [3.8, 4) is 0 Å². The van der Waals surface area contributed by atoms with E-state index < -0.39 is 5.97 Å². The third-order valence-electron chi connectivity index (χ3n) is 4.71. The highest BCUT2D eigenvalue weighted by Gasteiger charge is 2.05. The lowest BCUT2D eigenvalue weighted by molar-refractivity contribution is -0.137. The molecule has 0 aromatic rings. The average molecular weight is 341 g/mol. The SMILES string of the molecule is CC(C)C(=O)CCCCCCCCCCCCCCCCC(=O)O. The van der Waals surface area contributed by atoms with Gasteiger partial charge in [0.1, 0.15) is 5.78 Å². The van der Waals surface area contributed by atoms with Crippen LogP contribution in [0.4, 0.5) is 0 Å². The molecule has 0 heterocycles. The smallest absolute Gasteiger partial charge is 0.303 e. The first-order valence-corrected chi connectivity index (χ1v) is 10.3. The van der Waals surface area contributed by atoms with Gasteiger partial charge in [-0.25, -0.2) is 0 Å². The van der Waals surface area contributed by atoms with Crippen LogP contribution < -0.4 is 0 Å². The van der Waals surface area contributed by atoms with Crippen molar-refractivity contribution in [2.24, 2.45) is 5.92 Å². The maximum absolute atomic E-state index is 11.5. The maximum atomic E-state index is 11.5. The van der Waals surface area contributed by atoms with Crippen molar-refractivity contribution in [1.82, 2.24) is 0 Å². The first kappa shape index (κ1) is 23.1. The van der Waals surface area contributed by atoms with Gasteiger partial charge in [-0.2, -0.15) is 0 Å². The molecule has 0 atom stereocenters. The second kappa shape index (κ2) is 17.0.